The van der Waals surface area contributed by atoms with E-state index in [0.29, 0.717) is 16.0 Å². The van der Waals surface area contributed by atoms with Crippen LogP contribution in [-0.2, 0) is 0 Å². The van der Waals surface area contributed by atoms with Crippen LogP contribution in [0.25, 0.3) is 5.57 Å². The second kappa shape index (κ2) is 7.76. The number of halogens is 2. The van der Waals surface area contributed by atoms with Crippen molar-refractivity contribution in [1.82, 2.24) is 0 Å². The van der Waals surface area contributed by atoms with Gasteiger partial charge in [0.25, 0.3) is 0 Å². The van der Waals surface area contributed by atoms with Gasteiger partial charge in [-0.05, 0) is 36.1 Å². The molecule has 0 aliphatic rings. The molecule has 0 fully saturated rings. The van der Waals surface area contributed by atoms with Crippen molar-refractivity contribution in [2.24, 2.45) is 5.92 Å². The maximum absolute atomic E-state index is 5.94. The lowest BCUT2D eigenvalue weighted by Gasteiger charge is -2.05. The lowest BCUT2D eigenvalue weighted by Crippen LogP contribution is -1.84. The Bertz CT molecular complexity index is 352. The van der Waals surface area contributed by atoms with E-state index >= 15 is 0 Å². The zero-order chi connectivity index (χ0) is 12.7. The van der Waals surface area contributed by atoms with Gasteiger partial charge in [0, 0.05) is 0 Å². The van der Waals surface area contributed by atoms with E-state index in [2.05, 4.69) is 26.8 Å². The first-order valence-electron chi connectivity index (χ1n) is 5.64. The first kappa shape index (κ1) is 15.5. The molecule has 0 unspecified atom stereocenters. The maximum atomic E-state index is 5.94. The summed E-state index contributed by atoms with van der Waals surface area (Å²) in [7, 11) is 0. The monoisotopic (exact) mass is 258 g/mol. The predicted octanol–water partition coefficient (Wildman–Crippen LogP) is 6.08. The fourth-order valence-electron chi connectivity index (χ4n) is 1.34. The minimum Gasteiger partial charge on any atom is -0.0827 e. The molecule has 0 aromatic heterocycles. The van der Waals surface area contributed by atoms with E-state index in [1.807, 2.05) is 32.0 Å². The molecule has 0 heterocycles. The van der Waals surface area contributed by atoms with E-state index in [0.717, 1.165) is 5.56 Å². The molecule has 0 aliphatic carbocycles. The van der Waals surface area contributed by atoms with E-state index < -0.39 is 0 Å². The summed E-state index contributed by atoms with van der Waals surface area (Å²) in [6, 6.07) is 5.72. The highest BCUT2D eigenvalue weighted by Gasteiger charge is 2.01. The topological polar surface area (TPSA) is 0 Å². The molecule has 1 aromatic carbocycles. The number of hydrogen-bond donors (Lipinski definition) is 0. The molecule has 16 heavy (non-hydrogen) atoms. The van der Waals surface area contributed by atoms with Crippen molar-refractivity contribution in [2.75, 3.05) is 0 Å². The van der Waals surface area contributed by atoms with Crippen molar-refractivity contribution in [3.63, 3.8) is 0 Å². The van der Waals surface area contributed by atoms with E-state index in [9.17, 15) is 0 Å². The fraction of sp³-hybridized carbons (Fsp3) is 0.429. The van der Waals surface area contributed by atoms with Crippen molar-refractivity contribution in [3.8, 4) is 0 Å². The molecular formula is C14H20Cl2. The summed E-state index contributed by atoms with van der Waals surface area (Å²) in [5, 5.41) is 1.22. The molecule has 90 valence electrons. The molecule has 0 radical (unpaired) electrons. The fourth-order valence-corrected chi connectivity index (χ4v) is 1.64. The smallest absolute Gasteiger partial charge is 0.0598 e. The Morgan fingerprint density at radius 2 is 1.69 bits per heavy atom. The summed E-state index contributed by atoms with van der Waals surface area (Å²) in [5.41, 5.74) is 2.37. The van der Waals surface area contributed by atoms with Crippen LogP contribution in [0.3, 0.4) is 0 Å². The standard InChI is InChI=1S/C12H14Cl2.C2H6/c1-8(2)6-9(3)10-4-5-11(13)12(14)7-10;1-2/h4-8H,1-3H3;1-2H3/b9-6+;. The Morgan fingerprint density at radius 1 is 1.12 bits per heavy atom. The van der Waals surface area contributed by atoms with Crippen molar-refractivity contribution < 1.29 is 0 Å². The average molecular weight is 259 g/mol. The first-order chi connectivity index (χ1) is 7.50. The minimum absolute atomic E-state index is 0.546. The van der Waals surface area contributed by atoms with Gasteiger partial charge in [-0.25, -0.2) is 0 Å². The molecular weight excluding hydrogens is 239 g/mol. The van der Waals surface area contributed by atoms with Crippen LogP contribution in [0, 0.1) is 5.92 Å². The van der Waals surface area contributed by atoms with E-state index in [1.54, 1.807) is 0 Å². The summed E-state index contributed by atoms with van der Waals surface area (Å²) in [4.78, 5) is 0. The number of benzene rings is 1. The highest BCUT2D eigenvalue weighted by Crippen LogP contribution is 2.26. The lowest BCUT2D eigenvalue weighted by atomic mass is 10.0. The van der Waals surface area contributed by atoms with Gasteiger partial charge in [0.1, 0.15) is 0 Å². The van der Waals surface area contributed by atoms with Crippen LogP contribution in [0.5, 0.6) is 0 Å². The molecule has 0 nitrogen and oxygen atoms in total. The Labute approximate surface area is 109 Å². The molecule has 0 saturated carbocycles. The van der Waals surface area contributed by atoms with E-state index in [-0.39, 0.29) is 0 Å². The van der Waals surface area contributed by atoms with Crippen molar-refractivity contribution in [1.29, 1.82) is 0 Å². The normalized spacial score (nSPS) is 11.1. The van der Waals surface area contributed by atoms with Gasteiger partial charge >= 0.3 is 0 Å². The largest absolute Gasteiger partial charge is 0.0827 e. The molecule has 0 N–H and O–H groups in total. The van der Waals surface area contributed by atoms with Gasteiger partial charge in [-0.1, -0.05) is 63.0 Å². The average Bonchev–Trinajstić information content (AvgIpc) is 2.24. The predicted molar refractivity (Wildman–Crippen MR) is 76.3 cm³/mol. The van der Waals surface area contributed by atoms with Crippen LogP contribution < -0.4 is 0 Å². The Hall–Kier alpha value is -0.460. The van der Waals surface area contributed by atoms with Crippen molar-refractivity contribution in [3.05, 3.63) is 39.9 Å². The zero-order valence-electron chi connectivity index (χ0n) is 10.6. The summed E-state index contributed by atoms with van der Waals surface area (Å²) >= 11 is 11.8. The molecule has 0 bridgehead atoms. The summed E-state index contributed by atoms with van der Waals surface area (Å²) in [6.45, 7) is 10.4. The van der Waals surface area contributed by atoms with Crippen LogP contribution in [0.15, 0.2) is 24.3 Å². The zero-order valence-corrected chi connectivity index (χ0v) is 12.2. The van der Waals surface area contributed by atoms with Gasteiger partial charge < -0.3 is 0 Å². The molecule has 0 aliphatic heterocycles. The van der Waals surface area contributed by atoms with Gasteiger partial charge in [-0.15, -0.1) is 0 Å². The quantitative estimate of drug-likeness (QED) is 0.603. The highest BCUT2D eigenvalue weighted by molar-refractivity contribution is 6.42. The third-order valence-electron chi connectivity index (χ3n) is 1.96. The highest BCUT2D eigenvalue weighted by atomic mass is 35.5. The molecule has 2 heteroatoms. The van der Waals surface area contributed by atoms with Crippen LogP contribution in [0.1, 0.15) is 40.2 Å². The molecule has 0 spiro atoms. The summed E-state index contributed by atoms with van der Waals surface area (Å²) in [6.07, 6.45) is 2.21. The van der Waals surface area contributed by atoms with E-state index in [1.165, 1.54) is 5.57 Å². The maximum Gasteiger partial charge on any atom is 0.0598 e. The summed E-state index contributed by atoms with van der Waals surface area (Å²) < 4.78 is 0. The second-order valence-electron chi connectivity index (χ2n) is 3.72. The Morgan fingerprint density at radius 3 is 2.12 bits per heavy atom. The SMILES string of the molecule is C/C(=C\C(C)C)c1ccc(Cl)c(Cl)c1.CC. The molecule has 1 rings (SSSR count). The van der Waals surface area contributed by atoms with Crippen LogP contribution in [0.2, 0.25) is 10.0 Å². The molecule has 0 saturated heterocycles. The van der Waals surface area contributed by atoms with Crippen LogP contribution in [0.4, 0.5) is 0 Å². The second-order valence-corrected chi connectivity index (χ2v) is 4.54. The van der Waals surface area contributed by atoms with Crippen molar-refractivity contribution >= 4 is 28.8 Å². The molecule has 0 atom stereocenters. The molecule has 1 aromatic rings. The molecule has 0 amide bonds. The Kier molecular flexibility index (Phi) is 7.53. The third kappa shape index (κ3) is 5.05. The van der Waals surface area contributed by atoms with Gasteiger partial charge in [0.2, 0.25) is 0 Å². The van der Waals surface area contributed by atoms with Crippen molar-refractivity contribution in [2.45, 2.75) is 34.6 Å². The van der Waals surface area contributed by atoms with Gasteiger partial charge in [0.05, 0.1) is 10.0 Å². The first-order valence-corrected chi connectivity index (χ1v) is 6.40. The van der Waals surface area contributed by atoms with Crippen LogP contribution in [-0.4, -0.2) is 0 Å². The van der Waals surface area contributed by atoms with E-state index in [4.69, 9.17) is 23.2 Å². The van der Waals surface area contributed by atoms with Gasteiger partial charge in [-0.2, -0.15) is 0 Å². The summed E-state index contributed by atoms with van der Waals surface area (Å²) in [5.74, 6) is 0.546. The van der Waals surface area contributed by atoms with Gasteiger partial charge in [-0.3, -0.25) is 0 Å². The Balaban J connectivity index is 0.00000106. The van der Waals surface area contributed by atoms with Crippen LogP contribution >= 0.6 is 23.2 Å². The lowest BCUT2D eigenvalue weighted by molar-refractivity contribution is 0.833. The van der Waals surface area contributed by atoms with Gasteiger partial charge in [0.15, 0.2) is 0 Å². The third-order valence-corrected chi connectivity index (χ3v) is 2.70. The number of hydrogen-bond acceptors (Lipinski definition) is 0. The number of rotatable bonds is 2. The minimum atomic E-state index is 0.546. The number of allylic oxidation sites excluding steroid dienone is 2.